The van der Waals surface area contributed by atoms with Crippen molar-refractivity contribution >= 4 is 23.4 Å². The molecule has 0 spiro atoms. The number of aromatic nitrogens is 2. The summed E-state index contributed by atoms with van der Waals surface area (Å²) in [7, 11) is 2.10. The Kier molecular flexibility index (Phi) is 8.20. The van der Waals surface area contributed by atoms with E-state index in [1.54, 1.807) is 12.1 Å². The van der Waals surface area contributed by atoms with E-state index < -0.39 is 0 Å². The zero-order valence-corrected chi connectivity index (χ0v) is 21.7. The van der Waals surface area contributed by atoms with Crippen LogP contribution in [0.5, 0.6) is 0 Å². The van der Waals surface area contributed by atoms with Crippen LogP contribution in [0.15, 0.2) is 30.5 Å². The molecular weight excluding hydrogens is 471 g/mol. The van der Waals surface area contributed by atoms with Gasteiger partial charge in [0.25, 0.3) is 0 Å². The van der Waals surface area contributed by atoms with Crippen LogP contribution >= 0.6 is 0 Å². The first-order valence-corrected chi connectivity index (χ1v) is 13.8. The standard InChI is InChI=1S/C28H39FN6O2/c1-34-14-2-3-20(18-34)27(37)35-15-12-19(13-16-35)25-17-30-28(32-23-6-4-21(29)5-7-23)33-26(25)31-22-8-10-24(36)11-9-22/h4-7,17,19-20,22,24,36H,2-3,8-16,18H2,1H3,(H2,30,31,32,33)/t20-,22?,24?/m0/s1. The van der Waals surface area contributed by atoms with E-state index in [0.29, 0.717) is 11.9 Å². The molecule has 8 nitrogen and oxygen atoms in total. The van der Waals surface area contributed by atoms with Crippen molar-refractivity contribution in [2.45, 2.75) is 69.4 Å². The van der Waals surface area contributed by atoms with Gasteiger partial charge in [0.05, 0.1) is 12.0 Å². The van der Waals surface area contributed by atoms with Crippen LogP contribution in [0.3, 0.4) is 0 Å². The molecule has 3 fully saturated rings. The van der Waals surface area contributed by atoms with E-state index >= 15 is 0 Å². The van der Waals surface area contributed by atoms with Crippen LogP contribution < -0.4 is 10.6 Å². The topological polar surface area (TPSA) is 93.6 Å². The lowest BCUT2D eigenvalue weighted by Crippen LogP contribution is -2.46. The first-order chi connectivity index (χ1) is 17.9. The van der Waals surface area contributed by atoms with Crippen molar-refractivity contribution in [2.24, 2.45) is 5.92 Å². The molecule has 1 aliphatic carbocycles. The molecular formula is C28H39FN6O2. The van der Waals surface area contributed by atoms with Crippen LogP contribution in [-0.2, 0) is 4.79 Å². The second-order valence-electron chi connectivity index (χ2n) is 11.0. The summed E-state index contributed by atoms with van der Waals surface area (Å²) in [6, 6.07) is 6.39. The lowest BCUT2D eigenvalue weighted by molar-refractivity contribution is -0.138. The molecule has 1 aromatic carbocycles. The maximum absolute atomic E-state index is 13.3. The minimum absolute atomic E-state index is 0.120. The van der Waals surface area contributed by atoms with E-state index in [1.807, 2.05) is 6.20 Å². The Hall–Kier alpha value is -2.78. The Morgan fingerprint density at radius 1 is 1.03 bits per heavy atom. The lowest BCUT2D eigenvalue weighted by Gasteiger charge is -2.37. The van der Waals surface area contributed by atoms with Gasteiger partial charge in [0.15, 0.2) is 0 Å². The van der Waals surface area contributed by atoms with Gasteiger partial charge in [0.1, 0.15) is 11.6 Å². The number of amides is 1. The van der Waals surface area contributed by atoms with Crippen LogP contribution in [-0.4, -0.2) is 76.2 Å². The molecule has 3 aliphatic rings. The van der Waals surface area contributed by atoms with Crippen molar-refractivity contribution in [3.05, 3.63) is 41.8 Å². The number of likely N-dealkylation sites (tertiary alicyclic amines) is 2. The van der Waals surface area contributed by atoms with E-state index in [1.165, 1.54) is 12.1 Å². The highest BCUT2D eigenvalue weighted by Crippen LogP contribution is 2.35. The maximum Gasteiger partial charge on any atom is 0.229 e. The normalized spacial score (nSPS) is 25.6. The van der Waals surface area contributed by atoms with Gasteiger partial charge >= 0.3 is 0 Å². The first kappa shape index (κ1) is 25.9. The third kappa shape index (κ3) is 6.57. The zero-order valence-electron chi connectivity index (χ0n) is 21.7. The van der Waals surface area contributed by atoms with Crippen molar-refractivity contribution < 1.29 is 14.3 Å². The van der Waals surface area contributed by atoms with E-state index in [9.17, 15) is 14.3 Å². The van der Waals surface area contributed by atoms with Gasteiger partial charge in [-0.3, -0.25) is 4.79 Å². The molecule has 3 heterocycles. The summed E-state index contributed by atoms with van der Waals surface area (Å²) in [4.78, 5) is 26.9. The van der Waals surface area contributed by atoms with Gasteiger partial charge < -0.3 is 25.5 Å². The van der Waals surface area contributed by atoms with Crippen LogP contribution in [0.25, 0.3) is 0 Å². The molecule has 0 radical (unpaired) electrons. The first-order valence-electron chi connectivity index (χ1n) is 13.8. The predicted octanol–water partition coefficient (Wildman–Crippen LogP) is 4.12. The van der Waals surface area contributed by atoms with Crippen molar-refractivity contribution in [1.82, 2.24) is 19.8 Å². The summed E-state index contributed by atoms with van der Waals surface area (Å²) >= 11 is 0. The Bertz CT molecular complexity index is 1050. The molecule has 1 atom stereocenters. The van der Waals surface area contributed by atoms with Crippen molar-refractivity contribution in [3.8, 4) is 0 Å². The molecule has 1 aromatic heterocycles. The Morgan fingerprint density at radius 3 is 2.46 bits per heavy atom. The number of aliphatic hydroxyl groups excluding tert-OH is 1. The van der Waals surface area contributed by atoms with Crippen LogP contribution in [0.4, 0.5) is 21.8 Å². The molecule has 2 aromatic rings. The second-order valence-corrected chi connectivity index (χ2v) is 11.0. The van der Waals surface area contributed by atoms with Gasteiger partial charge in [-0.1, -0.05) is 0 Å². The molecule has 0 bridgehead atoms. The highest BCUT2D eigenvalue weighted by molar-refractivity contribution is 5.79. The number of carbonyl (C=O) groups is 1. The third-order valence-electron chi connectivity index (χ3n) is 8.18. The summed E-state index contributed by atoms with van der Waals surface area (Å²) in [6.07, 6.45) is 8.91. The Labute approximate surface area is 218 Å². The molecule has 2 aliphatic heterocycles. The summed E-state index contributed by atoms with van der Waals surface area (Å²) in [5.74, 6) is 1.69. The van der Waals surface area contributed by atoms with Crippen molar-refractivity contribution in [3.63, 3.8) is 0 Å². The minimum atomic E-state index is -0.288. The molecule has 5 rings (SSSR count). The summed E-state index contributed by atoms with van der Waals surface area (Å²) in [6.45, 7) is 3.45. The predicted molar refractivity (Wildman–Crippen MR) is 142 cm³/mol. The zero-order chi connectivity index (χ0) is 25.8. The van der Waals surface area contributed by atoms with E-state index in [-0.39, 0.29) is 29.8 Å². The fourth-order valence-corrected chi connectivity index (χ4v) is 5.98. The average Bonchev–Trinajstić information content (AvgIpc) is 2.91. The number of piperidine rings is 2. The molecule has 1 saturated carbocycles. The molecule has 200 valence electrons. The van der Waals surface area contributed by atoms with Gasteiger partial charge in [-0.15, -0.1) is 0 Å². The fraction of sp³-hybridized carbons (Fsp3) is 0.607. The van der Waals surface area contributed by atoms with Crippen molar-refractivity contribution in [2.75, 3.05) is 43.9 Å². The number of benzene rings is 1. The summed E-state index contributed by atoms with van der Waals surface area (Å²) in [5, 5.41) is 16.8. The van der Waals surface area contributed by atoms with E-state index in [0.717, 1.165) is 94.6 Å². The number of anilines is 3. The quantitative estimate of drug-likeness (QED) is 0.538. The summed E-state index contributed by atoms with van der Waals surface area (Å²) < 4.78 is 13.3. The van der Waals surface area contributed by atoms with E-state index in [2.05, 4.69) is 32.5 Å². The number of rotatable bonds is 6. The Morgan fingerprint density at radius 2 is 1.76 bits per heavy atom. The third-order valence-corrected chi connectivity index (χ3v) is 8.18. The number of halogens is 1. The number of carbonyl (C=O) groups excluding carboxylic acids is 1. The van der Waals surface area contributed by atoms with Crippen LogP contribution in [0, 0.1) is 11.7 Å². The lowest BCUT2D eigenvalue weighted by atomic mass is 9.88. The number of hydrogen-bond donors (Lipinski definition) is 3. The van der Waals surface area contributed by atoms with E-state index in [4.69, 9.17) is 4.98 Å². The number of nitrogens with one attached hydrogen (secondary N) is 2. The molecule has 0 unspecified atom stereocenters. The molecule has 3 N–H and O–H groups in total. The average molecular weight is 511 g/mol. The van der Waals surface area contributed by atoms with Crippen molar-refractivity contribution in [1.29, 1.82) is 0 Å². The Balaban J connectivity index is 1.28. The minimum Gasteiger partial charge on any atom is -0.393 e. The van der Waals surface area contributed by atoms with Gasteiger partial charge in [0.2, 0.25) is 11.9 Å². The number of nitrogens with zero attached hydrogens (tertiary/aromatic N) is 4. The smallest absolute Gasteiger partial charge is 0.229 e. The van der Waals surface area contributed by atoms with Gasteiger partial charge in [-0.25, -0.2) is 9.37 Å². The number of aliphatic hydroxyl groups is 1. The molecule has 2 saturated heterocycles. The van der Waals surface area contributed by atoms with Crippen LogP contribution in [0.1, 0.15) is 62.8 Å². The highest BCUT2D eigenvalue weighted by atomic mass is 19.1. The van der Waals surface area contributed by atoms with Gasteiger partial charge in [-0.2, -0.15) is 4.98 Å². The monoisotopic (exact) mass is 510 g/mol. The van der Waals surface area contributed by atoms with Crippen LogP contribution in [0.2, 0.25) is 0 Å². The molecule has 37 heavy (non-hydrogen) atoms. The largest absolute Gasteiger partial charge is 0.393 e. The number of hydrogen-bond acceptors (Lipinski definition) is 7. The molecule has 9 heteroatoms. The second kappa shape index (κ2) is 11.7. The fourth-order valence-electron chi connectivity index (χ4n) is 5.98. The SMILES string of the molecule is CN1CCC[C@H](C(=O)N2CCC(c3cnc(Nc4ccc(F)cc4)nc3NC3CCC(O)CC3)CC2)C1. The molecule has 1 amide bonds. The van der Waals surface area contributed by atoms with Gasteiger partial charge in [0, 0.05) is 43.1 Å². The highest BCUT2D eigenvalue weighted by Gasteiger charge is 2.32. The van der Waals surface area contributed by atoms with Gasteiger partial charge in [-0.05, 0) is 95.1 Å². The maximum atomic E-state index is 13.3. The summed E-state index contributed by atoms with van der Waals surface area (Å²) in [5.41, 5.74) is 1.81.